The molecule has 1 rings (SSSR count). The molecule has 0 fully saturated rings. The van der Waals surface area contributed by atoms with Gasteiger partial charge in [-0.05, 0) is 31.8 Å². The molecule has 1 aromatic carbocycles. The van der Waals surface area contributed by atoms with Gasteiger partial charge in [-0.25, -0.2) is 0 Å². The van der Waals surface area contributed by atoms with E-state index in [1.807, 2.05) is 12.1 Å². The quantitative estimate of drug-likeness (QED) is 0.530. The van der Waals surface area contributed by atoms with Crippen LogP contribution in [-0.4, -0.2) is 39.2 Å². The first kappa shape index (κ1) is 18.9. The number of hydrogen-bond donors (Lipinski definition) is 1. The highest BCUT2D eigenvalue weighted by atomic mass is 35.5. The largest absolute Gasteiger partial charge is 1.00 e. The summed E-state index contributed by atoms with van der Waals surface area (Å²) in [5, 5.41) is 3.39. The second kappa shape index (κ2) is 10.7. The Morgan fingerprint density at radius 2 is 1.94 bits per heavy atom. The normalized spacial score (nSPS) is 9.41. The molecule has 0 spiro atoms. The third-order valence-electron chi connectivity index (χ3n) is 2.20. The fourth-order valence-corrected chi connectivity index (χ4v) is 1.32. The van der Waals surface area contributed by atoms with Gasteiger partial charge < -0.3 is 39.8 Å². The monoisotopic (exact) mass is 278 g/mol. The SMILES string of the molecule is COc1cccc(CNCCN(C)C)c1.[Cl-].[Cl-]. The number of benzene rings is 1. The Morgan fingerprint density at radius 3 is 2.53 bits per heavy atom. The predicted molar refractivity (Wildman–Crippen MR) is 63.3 cm³/mol. The van der Waals surface area contributed by atoms with Gasteiger partial charge in [0, 0.05) is 19.6 Å². The van der Waals surface area contributed by atoms with Gasteiger partial charge in [0.15, 0.2) is 0 Å². The number of halogens is 2. The molecule has 0 amide bonds. The lowest BCUT2D eigenvalue weighted by molar-refractivity contribution is -0.001000. The first-order valence-electron chi connectivity index (χ1n) is 5.21. The Balaban J connectivity index is 0. The molecular formula is C12H20Cl2N2O-2. The highest BCUT2D eigenvalue weighted by molar-refractivity contribution is 5.28. The molecule has 0 saturated heterocycles. The van der Waals surface area contributed by atoms with E-state index in [0.29, 0.717) is 0 Å². The van der Waals surface area contributed by atoms with E-state index in [2.05, 4.69) is 36.4 Å². The van der Waals surface area contributed by atoms with Crippen molar-refractivity contribution < 1.29 is 29.6 Å². The number of methoxy groups -OCH3 is 1. The standard InChI is InChI=1S/C12H20N2O.2ClH/c1-14(2)8-7-13-10-11-5-4-6-12(9-11)15-3;;/h4-6,9,13H,7-8,10H2,1-3H3;2*1H/p-2. The van der Waals surface area contributed by atoms with E-state index in [4.69, 9.17) is 4.74 Å². The summed E-state index contributed by atoms with van der Waals surface area (Å²) < 4.78 is 5.16. The molecule has 3 nitrogen and oxygen atoms in total. The van der Waals surface area contributed by atoms with Crippen molar-refractivity contribution in [2.24, 2.45) is 0 Å². The van der Waals surface area contributed by atoms with E-state index >= 15 is 0 Å². The summed E-state index contributed by atoms with van der Waals surface area (Å²) in [5.41, 5.74) is 1.26. The average molecular weight is 279 g/mol. The Bertz CT molecular complexity index is 296. The van der Waals surface area contributed by atoms with E-state index < -0.39 is 0 Å². The lowest BCUT2D eigenvalue weighted by Gasteiger charge is -2.10. The van der Waals surface area contributed by atoms with Gasteiger partial charge in [0.05, 0.1) is 7.11 Å². The predicted octanol–water partition coefficient (Wildman–Crippen LogP) is -4.65. The Labute approximate surface area is 116 Å². The molecule has 5 heteroatoms. The van der Waals surface area contributed by atoms with Gasteiger partial charge in [0.2, 0.25) is 0 Å². The number of rotatable bonds is 6. The first-order chi connectivity index (χ1) is 7.22. The van der Waals surface area contributed by atoms with Crippen molar-refractivity contribution in [3.05, 3.63) is 29.8 Å². The van der Waals surface area contributed by atoms with Crippen LogP contribution in [0.2, 0.25) is 0 Å². The zero-order chi connectivity index (χ0) is 11.1. The van der Waals surface area contributed by atoms with Crippen molar-refractivity contribution >= 4 is 0 Å². The summed E-state index contributed by atoms with van der Waals surface area (Å²) in [7, 11) is 5.85. The van der Waals surface area contributed by atoms with Crippen molar-refractivity contribution in [1.29, 1.82) is 0 Å². The van der Waals surface area contributed by atoms with Crippen molar-refractivity contribution in [3.63, 3.8) is 0 Å². The van der Waals surface area contributed by atoms with Crippen LogP contribution in [0.1, 0.15) is 5.56 Å². The summed E-state index contributed by atoms with van der Waals surface area (Å²) in [4.78, 5) is 2.17. The molecule has 0 aliphatic rings. The maximum atomic E-state index is 5.16. The third-order valence-corrected chi connectivity index (χ3v) is 2.20. The molecule has 0 radical (unpaired) electrons. The van der Waals surface area contributed by atoms with Crippen LogP contribution in [0, 0.1) is 0 Å². The molecule has 1 aromatic rings. The summed E-state index contributed by atoms with van der Waals surface area (Å²) >= 11 is 0. The van der Waals surface area contributed by atoms with Crippen LogP contribution in [0.4, 0.5) is 0 Å². The molecule has 0 saturated carbocycles. The molecule has 1 N–H and O–H groups in total. The summed E-state index contributed by atoms with van der Waals surface area (Å²) in [6, 6.07) is 8.14. The van der Waals surface area contributed by atoms with Crippen LogP contribution in [0.5, 0.6) is 5.75 Å². The Morgan fingerprint density at radius 1 is 1.24 bits per heavy atom. The van der Waals surface area contributed by atoms with Crippen LogP contribution in [0.25, 0.3) is 0 Å². The summed E-state index contributed by atoms with van der Waals surface area (Å²) in [5.74, 6) is 0.918. The van der Waals surface area contributed by atoms with Gasteiger partial charge in [-0.2, -0.15) is 0 Å². The highest BCUT2D eigenvalue weighted by Gasteiger charge is 1.95. The molecule has 17 heavy (non-hydrogen) atoms. The lowest BCUT2D eigenvalue weighted by atomic mass is 10.2. The van der Waals surface area contributed by atoms with E-state index in [1.54, 1.807) is 7.11 Å². The average Bonchev–Trinajstić information content (AvgIpc) is 2.24. The molecular weight excluding hydrogens is 259 g/mol. The van der Waals surface area contributed by atoms with E-state index in [0.717, 1.165) is 25.4 Å². The number of hydrogen-bond acceptors (Lipinski definition) is 3. The third kappa shape index (κ3) is 8.27. The van der Waals surface area contributed by atoms with Gasteiger partial charge in [-0.15, -0.1) is 0 Å². The fourth-order valence-electron chi connectivity index (χ4n) is 1.32. The van der Waals surface area contributed by atoms with Crippen LogP contribution in [-0.2, 0) is 6.54 Å². The van der Waals surface area contributed by atoms with Crippen LogP contribution in [0.15, 0.2) is 24.3 Å². The molecule has 0 heterocycles. The van der Waals surface area contributed by atoms with Gasteiger partial charge in [-0.3, -0.25) is 0 Å². The second-order valence-corrected chi connectivity index (χ2v) is 3.83. The lowest BCUT2D eigenvalue weighted by Crippen LogP contribution is -3.00. The maximum absolute atomic E-state index is 5.16. The van der Waals surface area contributed by atoms with Crippen molar-refractivity contribution in [2.45, 2.75) is 6.54 Å². The fraction of sp³-hybridized carbons (Fsp3) is 0.500. The molecule has 0 aliphatic heterocycles. The topological polar surface area (TPSA) is 24.5 Å². The Kier molecular flexibility index (Phi) is 11.8. The summed E-state index contributed by atoms with van der Waals surface area (Å²) in [6.45, 7) is 2.96. The van der Waals surface area contributed by atoms with Crippen molar-refractivity contribution in [1.82, 2.24) is 10.2 Å². The second-order valence-electron chi connectivity index (χ2n) is 3.83. The minimum absolute atomic E-state index is 0. The molecule has 0 unspecified atom stereocenters. The minimum Gasteiger partial charge on any atom is -1.00 e. The molecule has 0 aliphatic carbocycles. The van der Waals surface area contributed by atoms with Crippen LogP contribution < -0.4 is 34.9 Å². The minimum atomic E-state index is 0. The van der Waals surface area contributed by atoms with Gasteiger partial charge in [-0.1, -0.05) is 12.1 Å². The zero-order valence-electron chi connectivity index (χ0n) is 10.5. The molecule has 0 aromatic heterocycles. The zero-order valence-corrected chi connectivity index (χ0v) is 12.1. The van der Waals surface area contributed by atoms with Gasteiger partial charge in [0.1, 0.15) is 5.75 Å². The van der Waals surface area contributed by atoms with Gasteiger partial charge in [0.25, 0.3) is 0 Å². The Hall–Kier alpha value is -0.480. The van der Waals surface area contributed by atoms with E-state index in [-0.39, 0.29) is 24.8 Å². The molecule has 0 atom stereocenters. The summed E-state index contributed by atoms with van der Waals surface area (Å²) in [6.07, 6.45) is 0. The molecule has 0 bridgehead atoms. The van der Waals surface area contributed by atoms with E-state index in [1.165, 1.54) is 5.56 Å². The molecule has 100 valence electrons. The van der Waals surface area contributed by atoms with Crippen molar-refractivity contribution in [2.75, 3.05) is 34.3 Å². The van der Waals surface area contributed by atoms with E-state index in [9.17, 15) is 0 Å². The number of likely N-dealkylation sites (N-methyl/N-ethyl adjacent to an activating group) is 1. The highest BCUT2D eigenvalue weighted by Crippen LogP contribution is 2.11. The van der Waals surface area contributed by atoms with Gasteiger partial charge >= 0.3 is 0 Å². The number of nitrogens with zero attached hydrogens (tertiary/aromatic N) is 1. The van der Waals surface area contributed by atoms with Crippen LogP contribution in [0.3, 0.4) is 0 Å². The number of nitrogens with one attached hydrogen (secondary N) is 1. The van der Waals surface area contributed by atoms with Crippen molar-refractivity contribution in [3.8, 4) is 5.75 Å². The maximum Gasteiger partial charge on any atom is 0.119 e. The van der Waals surface area contributed by atoms with Crippen LogP contribution >= 0.6 is 0 Å². The number of ether oxygens (including phenoxy) is 1. The smallest absolute Gasteiger partial charge is 0.119 e. The first-order valence-corrected chi connectivity index (χ1v) is 5.21.